The molecule has 0 saturated heterocycles. The lowest BCUT2D eigenvalue weighted by atomic mass is 9.99. The highest BCUT2D eigenvalue weighted by molar-refractivity contribution is 9.10. The molecule has 0 aliphatic heterocycles. The zero-order valence-electron chi connectivity index (χ0n) is 7.21. The molecule has 1 aromatic rings. The summed E-state index contributed by atoms with van der Waals surface area (Å²) in [6.45, 7) is 3.70. The second-order valence-electron chi connectivity index (χ2n) is 2.97. The quantitative estimate of drug-likeness (QED) is 0.791. The van der Waals surface area contributed by atoms with Crippen LogP contribution in [0, 0.1) is 0 Å². The van der Waals surface area contributed by atoms with Gasteiger partial charge in [-0.1, -0.05) is 13.0 Å². The Morgan fingerprint density at radius 2 is 2.25 bits per heavy atom. The van der Waals surface area contributed by atoms with Crippen molar-refractivity contribution in [3.05, 3.63) is 28.5 Å². The standard InChI is InChI=1S/C9H12BrNO/c1-3-9(2,12)7-5-4-6-8(10)11-7/h4-6,12H,3H2,1-2H3. The summed E-state index contributed by atoms with van der Waals surface area (Å²) in [5.74, 6) is 0. The van der Waals surface area contributed by atoms with E-state index in [-0.39, 0.29) is 0 Å². The van der Waals surface area contributed by atoms with E-state index < -0.39 is 5.60 Å². The van der Waals surface area contributed by atoms with Crippen molar-refractivity contribution in [2.24, 2.45) is 0 Å². The first kappa shape index (κ1) is 9.68. The van der Waals surface area contributed by atoms with Gasteiger partial charge in [-0.15, -0.1) is 0 Å². The maximum Gasteiger partial charge on any atom is 0.106 e. The summed E-state index contributed by atoms with van der Waals surface area (Å²) >= 11 is 3.26. The lowest BCUT2D eigenvalue weighted by Gasteiger charge is -2.20. The highest BCUT2D eigenvalue weighted by Gasteiger charge is 2.21. The van der Waals surface area contributed by atoms with Gasteiger partial charge >= 0.3 is 0 Å². The van der Waals surface area contributed by atoms with Crippen molar-refractivity contribution >= 4 is 15.9 Å². The molecule has 2 nitrogen and oxygen atoms in total. The van der Waals surface area contributed by atoms with E-state index in [2.05, 4.69) is 20.9 Å². The van der Waals surface area contributed by atoms with Gasteiger partial charge in [0.15, 0.2) is 0 Å². The largest absolute Gasteiger partial charge is 0.384 e. The molecular weight excluding hydrogens is 218 g/mol. The Hall–Kier alpha value is -0.410. The van der Waals surface area contributed by atoms with E-state index in [0.717, 1.165) is 4.60 Å². The van der Waals surface area contributed by atoms with Crippen molar-refractivity contribution in [1.82, 2.24) is 4.98 Å². The average molecular weight is 230 g/mol. The molecule has 0 aliphatic rings. The summed E-state index contributed by atoms with van der Waals surface area (Å²) in [6.07, 6.45) is 0.663. The highest BCUT2D eigenvalue weighted by atomic mass is 79.9. The van der Waals surface area contributed by atoms with Crippen LogP contribution in [0.15, 0.2) is 22.8 Å². The van der Waals surface area contributed by atoms with Crippen molar-refractivity contribution in [2.45, 2.75) is 25.9 Å². The van der Waals surface area contributed by atoms with Crippen LogP contribution in [-0.2, 0) is 5.60 Å². The van der Waals surface area contributed by atoms with E-state index in [1.807, 2.05) is 25.1 Å². The van der Waals surface area contributed by atoms with E-state index in [4.69, 9.17) is 0 Å². The molecule has 1 heterocycles. The van der Waals surface area contributed by atoms with Crippen molar-refractivity contribution in [3.63, 3.8) is 0 Å². The summed E-state index contributed by atoms with van der Waals surface area (Å²) in [7, 11) is 0. The van der Waals surface area contributed by atoms with E-state index in [0.29, 0.717) is 12.1 Å². The van der Waals surface area contributed by atoms with Crippen molar-refractivity contribution in [1.29, 1.82) is 0 Å². The Morgan fingerprint density at radius 3 is 2.75 bits per heavy atom. The lowest BCUT2D eigenvalue weighted by Crippen LogP contribution is -2.21. The van der Waals surface area contributed by atoms with Crippen LogP contribution >= 0.6 is 15.9 Å². The van der Waals surface area contributed by atoms with Crippen molar-refractivity contribution in [3.8, 4) is 0 Å². The monoisotopic (exact) mass is 229 g/mol. The molecule has 0 amide bonds. The van der Waals surface area contributed by atoms with Crippen LogP contribution in [0.25, 0.3) is 0 Å². The Balaban J connectivity index is 3.03. The molecule has 0 spiro atoms. The third kappa shape index (κ3) is 2.05. The maximum absolute atomic E-state index is 9.84. The summed E-state index contributed by atoms with van der Waals surface area (Å²) in [6, 6.07) is 5.54. The second kappa shape index (κ2) is 3.54. The van der Waals surface area contributed by atoms with Gasteiger partial charge in [0.25, 0.3) is 0 Å². The van der Waals surface area contributed by atoms with Crippen LogP contribution in [0.4, 0.5) is 0 Å². The molecule has 1 N–H and O–H groups in total. The van der Waals surface area contributed by atoms with Gasteiger partial charge in [-0.3, -0.25) is 0 Å². The van der Waals surface area contributed by atoms with Gasteiger partial charge in [0.05, 0.1) is 5.69 Å². The fraction of sp³-hybridized carbons (Fsp3) is 0.444. The number of rotatable bonds is 2. The minimum Gasteiger partial charge on any atom is -0.384 e. The molecule has 0 bridgehead atoms. The van der Waals surface area contributed by atoms with E-state index >= 15 is 0 Å². The van der Waals surface area contributed by atoms with Crippen molar-refractivity contribution in [2.75, 3.05) is 0 Å². The SMILES string of the molecule is CCC(C)(O)c1cccc(Br)n1. The molecule has 1 rings (SSSR count). The van der Waals surface area contributed by atoms with E-state index in [1.54, 1.807) is 6.92 Å². The third-order valence-electron chi connectivity index (χ3n) is 1.96. The van der Waals surface area contributed by atoms with E-state index in [1.165, 1.54) is 0 Å². The molecule has 1 aromatic heterocycles. The molecule has 0 aliphatic carbocycles. The Morgan fingerprint density at radius 1 is 1.58 bits per heavy atom. The first-order valence-corrected chi connectivity index (χ1v) is 4.71. The third-order valence-corrected chi connectivity index (χ3v) is 2.40. The maximum atomic E-state index is 9.84. The molecule has 0 radical (unpaired) electrons. The van der Waals surface area contributed by atoms with Crippen molar-refractivity contribution < 1.29 is 5.11 Å². The normalized spacial score (nSPS) is 15.7. The molecule has 0 fully saturated rings. The molecule has 12 heavy (non-hydrogen) atoms. The first-order chi connectivity index (χ1) is 5.56. The van der Waals surface area contributed by atoms with Gasteiger partial charge in [0.2, 0.25) is 0 Å². The molecular formula is C9H12BrNO. The Labute approximate surface area is 80.8 Å². The van der Waals surface area contributed by atoms with Gasteiger partial charge in [-0.2, -0.15) is 0 Å². The number of nitrogens with zero attached hydrogens (tertiary/aromatic N) is 1. The number of pyridine rings is 1. The molecule has 0 saturated carbocycles. The fourth-order valence-corrected chi connectivity index (χ4v) is 1.23. The van der Waals surface area contributed by atoms with Crippen LogP contribution in [0.2, 0.25) is 0 Å². The summed E-state index contributed by atoms with van der Waals surface area (Å²) in [4.78, 5) is 4.18. The van der Waals surface area contributed by atoms with Crippen LogP contribution < -0.4 is 0 Å². The molecule has 0 aromatic carbocycles. The molecule has 1 atom stereocenters. The minimum atomic E-state index is -0.816. The smallest absolute Gasteiger partial charge is 0.106 e. The summed E-state index contributed by atoms with van der Waals surface area (Å²) < 4.78 is 0.758. The van der Waals surface area contributed by atoms with Crippen LogP contribution in [0.1, 0.15) is 26.0 Å². The van der Waals surface area contributed by atoms with Gasteiger partial charge in [0.1, 0.15) is 10.2 Å². The second-order valence-corrected chi connectivity index (χ2v) is 3.79. The van der Waals surface area contributed by atoms with Crippen LogP contribution in [0.3, 0.4) is 0 Å². The van der Waals surface area contributed by atoms with Gasteiger partial charge in [-0.25, -0.2) is 4.98 Å². The average Bonchev–Trinajstić information content (AvgIpc) is 2.05. The zero-order chi connectivity index (χ0) is 9.19. The Kier molecular flexibility index (Phi) is 2.85. The highest BCUT2D eigenvalue weighted by Crippen LogP contribution is 2.22. The predicted octanol–water partition coefficient (Wildman–Crippen LogP) is 2.46. The fourth-order valence-electron chi connectivity index (χ4n) is 0.889. The lowest BCUT2D eigenvalue weighted by molar-refractivity contribution is 0.0484. The van der Waals surface area contributed by atoms with Gasteiger partial charge in [0, 0.05) is 0 Å². The molecule has 3 heteroatoms. The predicted molar refractivity (Wildman–Crippen MR) is 51.8 cm³/mol. The van der Waals surface area contributed by atoms with E-state index in [9.17, 15) is 5.11 Å². The molecule has 1 unspecified atom stereocenters. The number of hydrogen-bond acceptors (Lipinski definition) is 2. The topological polar surface area (TPSA) is 33.1 Å². The van der Waals surface area contributed by atoms with Crippen LogP contribution in [0.5, 0.6) is 0 Å². The minimum absolute atomic E-state index is 0.663. The van der Waals surface area contributed by atoms with Gasteiger partial charge < -0.3 is 5.11 Å². The molecule has 66 valence electrons. The number of halogens is 1. The van der Waals surface area contributed by atoms with Crippen LogP contribution in [-0.4, -0.2) is 10.1 Å². The van der Waals surface area contributed by atoms with Gasteiger partial charge in [-0.05, 0) is 41.4 Å². The number of aromatic nitrogens is 1. The Bertz CT molecular complexity index is 273. The summed E-state index contributed by atoms with van der Waals surface area (Å²) in [5, 5.41) is 9.84. The number of aliphatic hydroxyl groups is 1. The summed E-state index contributed by atoms with van der Waals surface area (Å²) in [5.41, 5.74) is -0.108. The number of hydrogen-bond donors (Lipinski definition) is 1. The first-order valence-electron chi connectivity index (χ1n) is 3.91. The zero-order valence-corrected chi connectivity index (χ0v) is 8.80.